The van der Waals surface area contributed by atoms with Crippen LogP contribution in [0, 0.1) is 5.92 Å². The molecule has 1 heterocycles. The van der Waals surface area contributed by atoms with E-state index in [1.807, 2.05) is 24.3 Å². The Morgan fingerprint density at radius 1 is 1.43 bits per heavy atom. The van der Waals surface area contributed by atoms with Crippen LogP contribution in [0.4, 0.5) is 5.13 Å². The highest BCUT2D eigenvalue weighted by molar-refractivity contribution is 7.15. The quantitative estimate of drug-likeness (QED) is 0.906. The van der Waals surface area contributed by atoms with Crippen LogP contribution in [0.25, 0.3) is 0 Å². The van der Waals surface area contributed by atoms with E-state index >= 15 is 0 Å². The van der Waals surface area contributed by atoms with Gasteiger partial charge < -0.3 is 10.1 Å². The van der Waals surface area contributed by atoms with Crippen molar-refractivity contribution in [2.75, 3.05) is 12.4 Å². The van der Waals surface area contributed by atoms with Crippen LogP contribution < -0.4 is 10.1 Å². The summed E-state index contributed by atoms with van der Waals surface area (Å²) in [5.41, 5.74) is 2.23. The van der Waals surface area contributed by atoms with Gasteiger partial charge in [0.2, 0.25) is 5.91 Å². The van der Waals surface area contributed by atoms with E-state index in [1.54, 1.807) is 18.4 Å². The fourth-order valence-electron chi connectivity index (χ4n) is 2.93. The van der Waals surface area contributed by atoms with Gasteiger partial charge in [-0.2, -0.15) is 0 Å². The van der Waals surface area contributed by atoms with Crippen LogP contribution >= 0.6 is 11.3 Å². The van der Waals surface area contributed by atoms with Gasteiger partial charge in [0.15, 0.2) is 5.13 Å². The van der Waals surface area contributed by atoms with Crippen LogP contribution in [0.1, 0.15) is 35.9 Å². The lowest BCUT2D eigenvalue weighted by molar-refractivity contribution is -0.116. The van der Waals surface area contributed by atoms with E-state index in [1.165, 1.54) is 17.0 Å². The molecule has 1 atom stereocenters. The molecule has 0 saturated carbocycles. The van der Waals surface area contributed by atoms with Crippen molar-refractivity contribution >= 4 is 22.4 Å². The number of para-hydroxylation sites is 1. The molecular weight excluding hydrogens is 308 g/mol. The Kier molecular flexibility index (Phi) is 4.96. The predicted molar refractivity (Wildman–Crippen MR) is 93.2 cm³/mol. The molecule has 1 aromatic heterocycles. The Bertz CT molecular complexity index is 696. The minimum atomic E-state index is 0.00931. The molecule has 1 aliphatic carbocycles. The van der Waals surface area contributed by atoms with Gasteiger partial charge in [-0.1, -0.05) is 25.1 Å². The zero-order valence-electron chi connectivity index (χ0n) is 13.6. The Hall–Kier alpha value is -1.88. The zero-order valence-corrected chi connectivity index (χ0v) is 14.4. The number of fused-ring (bicyclic) bond motifs is 1. The summed E-state index contributed by atoms with van der Waals surface area (Å²) in [4.78, 5) is 18.1. The summed E-state index contributed by atoms with van der Waals surface area (Å²) in [7, 11) is 1.65. The number of carbonyl (C=O) groups is 1. The molecule has 0 radical (unpaired) electrons. The van der Waals surface area contributed by atoms with Crippen molar-refractivity contribution in [3.05, 3.63) is 40.4 Å². The maximum Gasteiger partial charge on any atom is 0.226 e. The van der Waals surface area contributed by atoms with E-state index in [0.29, 0.717) is 12.8 Å². The molecule has 1 N–H and O–H groups in total. The standard InChI is InChI=1S/C18H22N2O2S/c1-12-7-9-14-16(11-12)23-18(19-14)20-17(21)10-8-13-5-3-4-6-15(13)22-2/h3-6,12H,7-11H2,1-2H3,(H,19,20,21)/t12-/m1/s1. The normalized spacial score (nSPS) is 16.7. The number of benzene rings is 1. The van der Waals surface area contributed by atoms with Crippen LogP contribution in [-0.4, -0.2) is 18.0 Å². The molecule has 0 saturated heterocycles. The number of ether oxygens (including phenoxy) is 1. The number of methoxy groups -OCH3 is 1. The fourth-order valence-corrected chi connectivity index (χ4v) is 4.12. The van der Waals surface area contributed by atoms with Crippen molar-refractivity contribution in [3.63, 3.8) is 0 Å². The van der Waals surface area contributed by atoms with Gasteiger partial charge in [-0.15, -0.1) is 11.3 Å². The maximum absolute atomic E-state index is 12.2. The number of hydrogen-bond acceptors (Lipinski definition) is 4. The summed E-state index contributed by atoms with van der Waals surface area (Å²) in [5.74, 6) is 1.56. The molecule has 3 rings (SSSR count). The lowest BCUT2D eigenvalue weighted by Gasteiger charge is -2.15. The maximum atomic E-state index is 12.2. The Labute approximate surface area is 140 Å². The molecule has 5 heteroatoms. The van der Waals surface area contributed by atoms with E-state index in [-0.39, 0.29) is 5.91 Å². The van der Waals surface area contributed by atoms with Crippen LogP contribution in [0.5, 0.6) is 5.75 Å². The van der Waals surface area contributed by atoms with Gasteiger partial charge in [0.1, 0.15) is 5.75 Å². The largest absolute Gasteiger partial charge is 0.496 e. The van der Waals surface area contributed by atoms with E-state index in [2.05, 4.69) is 17.2 Å². The number of nitrogens with zero attached hydrogens (tertiary/aromatic N) is 1. The summed E-state index contributed by atoms with van der Waals surface area (Å²) in [6, 6.07) is 7.81. The van der Waals surface area contributed by atoms with Crippen molar-refractivity contribution in [3.8, 4) is 5.75 Å². The van der Waals surface area contributed by atoms with Crippen molar-refractivity contribution in [2.24, 2.45) is 5.92 Å². The van der Waals surface area contributed by atoms with Gasteiger partial charge in [0.25, 0.3) is 0 Å². The van der Waals surface area contributed by atoms with Gasteiger partial charge in [0.05, 0.1) is 12.8 Å². The number of nitrogens with one attached hydrogen (secondary N) is 1. The van der Waals surface area contributed by atoms with Gasteiger partial charge in [-0.05, 0) is 43.2 Å². The minimum Gasteiger partial charge on any atom is -0.496 e. The highest BCUT2D eigenvalue weighted by atomic mass is 32.1. The molecule has 1 aromatic carbocycles. The molecule has 0 fully saturated rings. The average molecular weight is 330 g/mol. The first-order valence-corrected chi connectivity index (χ1v) is 8.87. The molecule has 122 valence electrons. The smallest absolute Gasteiger partial charge is 0.226 e. The molecule has 0 aliphatic heterocycles. The van der Waals surface area contributed by atoms with E-state index in [0.717, 1.165) is 35.2 Å². The molecule has 2 aromatic rings. The summed E-state index contributed by atoms with van der Waals surface area (Å²) >= 11 is 1.63. The second-order valence-corrected chi connectivity index (χ2v) is 7.18. The summed E-state index contributed by atoms with van der Waals surface area (Å²) in [6.07, 6.45) is 4.41. The SMILES string of the molecule is COc1ccccc1CCC(=O)Nc1nc2c(s1)C[C@H](C)CC2. The fraction of sp³-hybridized carbons (Fsp3) is 0.444. The molecular formula is C18H22N2O2S. The monoisotopic (exact) mass is 330 g/mol. The number of rotatable bonds is 5. The van der Waals surface area contributed by atoms with Crippen LogP contribution in [0.2, 0.25) is 0 Å². The van der Waals surface area contributed by atoms with Crippen molar-refractivity contribution in [2.45, 2.75) is 39.0 Å². The molecule has 23 heavy (non-hydrogen) atoms. The first-order chi connectivity index (χ1) is 11.2. The van der Waals surface area contributed by atoms with Gasteiger partial charge >= 0.3 is 0 Å². The first-order valence-electron chi connectivity index (χ1n) is 8.06. The number of aromatic nitrogens is 1. The minimum absolute atomic E-state index is 0.00931. The van der Waals surface area contributed by atoms with Crippen LogP contribution in [0.15, 0.2) is 24.3 Å². The average Bonchev–Trinajstić information content (AvgIpc) is 2.94. The zero-order chi connectivity index (χ0) is 16.2. The third-order valence-corrected chi connectivity index (χ3v) is 5.28. The molecule has 4 nitrogen and oxygen atoms in total. The Balaban J connectivity index is 1.57. The van der Waals surface area contributed by atoms with Crippen LogP contribution in [0.3, 0.4) is 0 Å². The lowest BCUT2D eigenvalue weighted by atomic mass is 9.93. The second-order valence-electron chi connectivity index (χ2n) is 6.10. The predicted octanol–water partition coefficient (Wildman–Crippen LogP) is 3.85. The van der Waals surface area contributed by atoms with E-state index < -0.39 is 0 Å². The van der Waals surface area contributed by atoms with Crippen molar-refractivity contribution in [1.29, 1.82) is 0 Å². The number of anilines is 1. The third-order valence-electron chi connectivity index (χ3n) is 4.25. The number of carbonyl (C=O) groups excluding carboxylic acids is 1. The highest BCUT2D eigenvalue weighted by Crippen LogP contribution is 2.32. The van der Waals surface area contributed by atoms with Crippen molar-refractivity contribution < 1.29 is 9.53 Å². The van der Waals surface area contributed by atoms with Gasteiger partial charge in [-0.3, -0.25) is 4.79 Å². The van der Waals surface area contributed by atoms with Crippen LogP contribution in [-0.2, 0) is 24.1 Å². The summed E-state index contributed by atoms with van der Waals surface area (Å²) < 4.78 is 5.32. The number of aryl methyl sites for hydroxylation is 2. The molecule has 0 bridgehead atoms. The Morgan fingerprint density at radius 2 is 2.26 bits per heavy atom. The molecule has 1 aliphatic rings. The third kappa shape index (κ3) is 3.91. The Morgan fingerprint density at radius 3 is 3.09 bits per heavy atom. The highest BCUT2D eigenvalue weighted by Gasteiger charge is 2.20. The molecule has 0 spiro atoms. The topological polar surface area (TPSA) is 51.2 Å². The number of thiazole rings is 1. The second kappa shape index (κ2) is 7.13. The number of hydrogen-bond donors (Lipinski definition) is 1. The van der Waals surface area contributed by atoms with Gasteiger partial charge in [0, 0.05) is 11.3 Å². The first kappa shape index (κ1) is 16.0. The summed E-state index contributed by atoms with van der Waals surface area (Å²) in [5, 5.41) is 3.69. The lowest BCUT2D eigenvalue weighted by Crippen LogP contribution is -2.12. The number of amides is 1. The molecule has 0 unspecified atom stereocenters. The van der Waals surface area contributed by atoms with Crippen molar-refractivity contribution in [1.82, 2.24) is 4.98 Å². The van der Waals surface area contributed by atoms with E-state index in [4.69, 9.17) is 4.74 Å². The summed E-state index contributed by atoms with van der Waals surface area (Å²) in [6.45, 7) is 2.27. The van der Waals surface area contributed by atoms with Gasteiger partial charge in [-0.25, -0.2) is 4.98 Å². The van der Waals surface area contributed by atoms with E-state index in [9.17, 15) is 4.79 Å². The molecule has 1 amide bonds.